The van der Waals surface area contributed by atoms with Crippen LogP contribution in [0.2, 0.25) is 0 Å². The molecule has 4 aromatic rings. The number of nitrogens with zero attached hydrogens (tertiary/aromatic N) is 1. The number of hydrogen-bond acceptors (Lipinski definition) is 5. The number of hydrogen-bond donors (Lipinski definition) is 1. The number of carbonyl (C=O) groups excluding carboxylic acids is 3. The Balaban J connectivity index is 1.53. The summed E-state index contributed by atoms with van der Waals surface area (Å²) in [5, 5.41) is 3.00. The lowest BCUT2D eigenvalue weighted by Gasteiger charge is -2.37. The van der Waals surface area contributed by atoms with Crippen LogP contribution in [-0.4, -0.2) is 36.7 Å². The van der Waals surface area contributed by atoms with Crippen LogP contribution in [0, 0.1) is 11.7 Å². The van der Waals surface area contributed by atoms with E-state index in [0.717, 1.165) is 5.56 Å². The van der Waals surface area contributed by atoms with Crippen LogP contribution in [0.4, 0.5) is 15.8 Å². The molecule has 3 aliphatic rings. The fourth-order valence-corrected chi connectivity index (χ4v) is 6.87. The lowest BCUT2D eigenvalue weighted by Crippen LogP contribution is -2.51. The largest absolute Gasteiger partial charge is 0.497 e. The molecule has 0 aromatic heterocycles. The molecule has 4 unspecified atom stereocenters. The number of Topliss-reactive ketones (excluding diaryl/α,β-unsaturated/α-hetero) is 2. The fraction of sp³-hybridized carbons (Fsp3) is 0.147. The molecule has 1 N–H and O–H groups in total. The van der Waals surface area contributed by atoms with E-state index in [2.05, 4.69) is 5.32 Å². The quantitative estimate of drug-likeness (QED) is 0.327. The Labute approximate surface area is 236 Å². The lowest BCUT2D eigenvalue weighted by molar-refractivity contribution is -0.121. The minimum atomic E-state index is -1.46. The number of para-hydroxylation sites is 2. The van der Waals surface area contributed by atoms with Gasteiger partial charge in [-0.15, -0.1) is 0 Å². The molecule has 3 aliphatic heterocycles. The predicted molar refractivity (Wildman–Crippen MR) is 154 cm³/mol. The first-order chi connectivity index (χ1) is 20.0. The second-order valence-electron chi connectivity index (χ2n) is 10.5. The summed E-state index contributed by atoms with van der Waals surface area (Å²) in [6.07, 6.45) is 3.82. The highest BCUT2D eigenvalue weighted by Gasteiger charge is 2.70. The van der Waals surface area contributed by atoms with Crippen molar-refractivity contribution in [1.82, 2.24) is 0 Å². The number of anilines is 2. The Kier molecular flexibility index (Phi) is 5.64. The molecule has 4 aromatic carbocycles. The van der Waals surface area contributed by atoms with Crippen LogP contribution in [0.5, 0.6) is 5.75 Å². The van der Waals surface area contributed by atoms with Crippen LogP contribution in [0.1, 0.15) is 31.8 Å². The minimum absolute atomic E-state index is 0.125. The molecular weight excluding hydrogens is 519 g/mol. The van der Waals surface area contributed by atoms with Gasteiger partial charge in [0.2, 0.25) is 5.91 Å². The molecule has 6 nitrogen and oxygen atoms in total. The summed E-state index contributed by atoms with van der Waals surface area (Å²) in [5.41, 5.74) is 1.53. The van der Waals surface area contributed by atoms with Gasteiger partial charge in [-0.3, -0.25) is 14.4 Å². The number of carbonyl (C=O) groups is 3. The number of ketones is 2. The summed E-state index contributed by atoms with van der Waals surface area (Å²) < 4.78 is 20.5. The third-order valence-corrected chi connectivity index (χ3v) is 8.61. The average molecular weight is 545 g/mol. The molecule has 1 saturated heterocycles. The van der Waals surface area contributed by atoms with Crippen molar-refractivity contribution in [2.75, 3.05) is 17.3 Å². The molecule has 1 amide bonds. The van der Waals surface area contributed by atoms with Gasteiger partial charge in [0.15, 0.2) is 11.6 Å². The summed E-state index contributed by atoms with van der Waals surface area (Å²) >= 11 is 0. The molecule has 0 bridgehead atoms. The van der Waals surface area contributed by atoms with E-state index in [1.807, 2.05) is 59.5 Å². The van der Waals surface area contributed by atoms with E-state index in [0.29, 0.717) is 28.3 Å². The number of methoxy groups -OCH3 is 1. The number of halogens is 1. The van der Waals surface area contributed by atoms with Crippen LogP contribution >= 0.6 is 0 Å². The van der Waals surface area contributed by atoms with Crippen molar-refractivity contribution < 1.29 is 23.5 Å². The number of fused-ring (bicyclic) bond motifs is 6. The van der Waals surface area contributed by atoms with E-state index in [4.69, 9.17) is 4.74 Å². The van der Waals surface area contributed by atoms with Crippen molar-refractivity contribution in [2.24, 2.45) is 5.92 Å². The summed E-state index contributed by atoms with van der Waals surface area (Å²) in [6, 6.07) is 25.4. The van der Waals surface area contributed by atoms with Crippen molar-refractivity contribution in [3.05, 3.63) is 131 Å². The Morgan fingerprint density at radius 1 is 0.878 bits per heavy atom. The second-order valence-corrected chi connectivity index (χ2v) is 10.5. The maximum Gasteiger partial charge on any atom is 0.238 e. The van der Waals surface area contributed by atoms with Gasteiger partial charge < -0.3 is 15.0 Å². The van der Waals surface area contributed by atoms with E-state index in [9.17, 15) is 14.4 Å². The molecule has 1 fully saturated rings. The highest BCUT2D eigenvalue weighted by atomic mass is 19.1. The zero-order chi connectivity index (χ0) is 28.3. The summed E-state index contributed by atoms with van der Waals surface area (Å²) in [5.74, 6) is -2.59. The van der Waals surface area contributed by atoms with Crippen molar-refractivity contribution in [3.8, 4) is 5.75 Å². The molecule has 4 atom stereocenters. The molecule has 7 rings (SSSR count). The summed E-state index contributed by atoms with van der Waals surface area (Å²) in [4.78, 5) is 45.4. The maximum absolute atomic E-state index is 15.2. The van der Waals surface area contributed by atoms with Gasteiger partial charge in [0, 0.05) is 16.9 Å². The predicted octanol–water partition coefficient (Wildman–Crippen LogP) is 5.69. The molecule has 7 heteroatoms. The highest BCUT2D eigenvalue weighted by Crippen LogP contribution is 2.58. The SMILES string of the molecule is COc1ccc(C(=O)C2C(C(=O)c3ccccc3F)N3c4ccccc4C=CC3C23C(=O)Nc2ccccc23)cc1. The Morgan fingerprint density at radius 3 is 2.37 bits per heavy atom. The van der Waals surface area contributed by atoms with Crippen LogP contribution in [0.15, 0.2) is 103 Å². The standard InChI is InChI=1S/C34H25FN2O4/c1-41-22-17-14-21(15-18-22)31(38)29-30(32(39)23-9-3-5-11-25(23)35)37-27-13-7-2-8-20(27)16-19-28(37)34(29)24-10-4-6-12-26(24)36-33(34)40/h2-19,28-30H,1H3,(H,36,40). The Morgan fingerprint density at radius 2 is 1.59 bits per heavy atom. The van der Waals surface area contributed by atoms with Gasteiger partial charge in [0.1, 0.15) is 23.0 Å². The third kappa shape index (κ3) is 3.45. The van der Waals surface area contributed by atoms with E-state index in [1.54, 1.807) is 36.4 Å². The van der Waals surface area contributed by atoms with Gasteiger partial charge in [-0.1, -0.05) is 60.7 Å². The zero-order valence-electron chi connectivity index (χ0n) is 22.1. The Bertz CT molecular complexity index is 1760. The van der Waals surface area contributed by atoms with Crippen molar-refractivity contribution in [1.29, 1.82) is 0 Å². The van der Waals surface area contributed by atoms with Gasteiger partial charge in [0.25, 0.3) is 0 Å². The first-order valence-corrected chi connectivity index (χ1v) is 13.4. The van der Waals surface area contributed by atoms with E-state index in [-0.39, 0.29) is 17.3 Å². The van der Waals surface area contributed by atoms with Crippen LogP contribution in [-0.2, 0) is 10.2 Å². The van der Waals surface area contributed by atoms with Gasteiger partial charge >= 0.3 is 0 Å². The molecule has 202 valence electrons. The first kappa shape index (κ1) is 25.0. The van der Waals surface area contributed by atoms with Gasteiger partial charge in [-0.2, -0.15) is 0 Å². The van der Waals surface area contributed by atoms with E-state index in [1.165, 1.54) is 25.3 Å². The maximum atomic E-state index is 15.2. The molecule has 3 heterocycles. The molecule has 0 aliphatic carbocycles. The monoisotopic (exact) mass is 544 g/mol. The topological polar surface area (TPSA) is 75.7 Å². The van der Waals surface area contributed by atoms with Gasteiger partial charge in [-0.25, -0.2) is 4.39 Å². The minimum Gasteiger partial charge on any atom is -0.497 e. The normalized spacial score (nSPS) is 23.5. The molecule has 41 heavy (non-hydrogen) atoms. The number of rotatable bonds is 5. The summed E-state index contributed by atoms with van der Waals surface area (Å²) in [7, 11) is 1.54. The van der Waals surface area contributed by atoms with Crippen molar-refractivity contribution in [3.63, 3.8) is 0 Å². The van der Waals surface area contributed by atoms with Crippen LogP contribution < -0.4 is 15.0 Å². The zero-order valence-corrected chi connectivity index (χ0v) is 22.1. The highest BCUT2D eigenvalue weighted by molar-refractivity contribution is 6.18. The number of ether oxygens (including phenoxy) is 1. The lowest BCUT2D eigenvalue weighted by atomic mass is 9.64. The third-order valence-electron chi connectivity index (χ3n) is 8.61. The average Bonchev–Trinajstić information content (AvgIpc) is 3.49. The molecule has 1 spiro atoms. The number of nitrogens with one attached hydrogen (secondary N) is 1. The molecular formula is C34H25FN2O4. The number of amides is 1. The molecule has 0 saturated carbocycles. The molecule has 0 radical (unpaired) electrons. The van der Waals surface area contributed by atoms with Crippen molar-refractivity contribution in [2.45, 2.75) is 17.5 Å². The summed E-state index contributed by atoms with van der Waals surface area (Å²) in [6.45, 7) is 0. The number of benzene rings is 4. The second kappa shape index (κ2) is 9.27. The Hall–Kier alpha value is -5.04. The fourth-order valence-electron chi connectivity index (χ4n) is 6.87. The van der Waals surface area contributed by atoms with Gasteiger partial charge in [-0.05, 0) is 59.7 Å². The van der Waals surface area contributed by atoms with E-state index >= 15 is 4.39 Å². The van der Waals surface area contributed by atoms with Crippen molar-refractivity contribution >= 4 is 34.9 Å². The smallest absolute Gasteiger partial charge is 0.238 e. The van der Waals surface area contributed by atoms with Gasteiger partial charge in [0.05, 0.1) is 24.6 Å². The van der Waals surface area contributed by atoms with Crippen LogP contribution in [0.3, 0.4) is 0 Å². The van der Waals surface area contributed by atoms with Crippen LogP contribution in [0.25, 0.3) is 6.08 Å². The van der Waals surface area contributed by atoms with E-state index < -0.39 is 35.0 Å². The first-order valence-electron chi connectivity index (χ1n) is 13.4.